The van der Waals surface area contributed by atoms with Crippen LogP contribution in [0.15, 0.2) is 10.9 Å². The summed E-state index contributed by atoms with van der Waals surface area (Å²) < 4.78 is 3.04. The van der Waals surface area contributed by atoms with E-state index in [9.17, 15) is 0 Å². The highest BCUT2D eigenvalue weighted by atomic mass is 79.9. The van der Waals surface area contributed by atoms with Crippen LogP contribution in [0.5, 0.6) is 0 Å². The fourth-order valence-corrected chi connectivity index (χ4v) is 1.47. The van der Waals surface area contributed by atoms with Crippen molar-refractivity contribution in [2.24, 2.45) is 0 Å². The smallest absolute Gasteiger partial charge is 0.177 e. The second-order valence-electron chi connectivity index (χ2n) is 2.34. The second kappa shape index (κ2) is 3.19. The summed E-state index contributed by atoms with van der Waals surface area (Å²) in [4.78, 5) is 4.21. The first-order valence-electron chi connectivity index (χ1n) is 3.43. The summed E-state index contributed by atoms with van der Waals surface area (Å²) in [6.07, 6.45) is 3.20. The van der Waals surface area contributed by atoms with Crippen molar-refractivity contribution in [2.45, 2.75) is 26.8 Å². The molecule has 0 spiro atoms. The number of aryl methyl sites for hydroxylation is 2. The lowest BCUT2D eigenvalue weighted by Gasteiger charge is -1.97. The number of halogens is 1. The Balaban J connectivity index is 2.81. The van der Waals surface area contributed by atoms with Crippen molar-refractivity contribution in [1.29, 1.82) is 0 Å². The lowest BCUT2D eigenvalue weighted by Crippen LogP contribution is -1.93. The Morgan fingerprint density at radius 1 is 1.70 bits per heavy atom. The average molecular weight is 203 g/mol. The molecule has 1 rings (SSSR count). The van der Waals surface area contributed by atoms with Crippen LogP contribution in [-0.2, 0) is 6.54 Å². The van der Waals surface area contributed by atoms with Crippen LogP contribution in [0.2, 0.25) is 0 Å². The topological polar surface area (TPSA) is 17.8 Å². The number of rotatable bonds is 2. The molecule has 0 saturated carbocycles. The molecular weight excluding hydrogens is 192 g/mol. The summed E-state index contributed by atoms with van der Waals surface area (Å²) in [5, 5.41) is 0. The second-order valence-corrected chi connectivity index (χ2v) is 3.05. The maximum Gasteiger partial charge on any atom is 0.177 e. The van der Waals surface area contributed by atoms with E-state index in [-0.39, 0.29) is 0 Å². The molecule has 0 aromatic carbocycles. The SMILES string of the molecule is CCCn1cc(C)nc1Br. The molecule has 0 radical (unpaired) electrons. The maximum absolute atomic E-state index is 4.21. The zero-order valence-electron chi connectivity index (χ0n) is 6.26. The highest BCUT2D eigenvalue weighted by molar-refractivity contribution is 9.10. The molecule has 0 fully saturated rings. The van der Waals surface area contributed by atoms with Crippen molar-refractivity contribution in [3.63, 3.8) is 0 Å². The van der Waals surface area contributed by atoms with Gasteiger partial charge in [0.2, 0.25) is 0 Å². The first kappa shape index (κ1) is 7.79. The van der Waals surface area contributed by atoms with Crippen molar-refractivity contribution < 1.29 is 0 Å². The predicted molar refractivity (Wildman–Crippen MR) is 45.0 cm³/mol. The molecule has 0 aliphatic rings. The van der Waals surface area contributed by atoms with Gasteiger partial charge in [0.1, 0.15) is 0 Å². The molecule has 0 saturated heterocycles. The third kappa shape index (κ3) is 1.59. The van der Waals surface area contributed by atoms with Gasteiger partial charge in [-0.15, -0.1) is 0 Å². The van der Waals surface area contributed by atoms with Crippen LogP contribution in [-0.4, -0.2) is 9.55 Å². The normalized spacial score (nSPS) is 10.3. The quantitative estimate of drug-likeness (QED) is 0.721. The maximum atomic E-state index is 4.21. The summed E-state index contributed by atoms with van der Waals surface area (Å²) in [6.45, 7) is 5.19. The average Bonchev–Trinajstić information content (AvgIpc) is 2.13. The Morgan fingerprint density at radius 2 is 2.40 bits per heavy atom. The molecule has 0 unspecified atom stereocenters. The standard InChI is InChI=1S/C7H11BrN2/c1-3-4-10-5-6(2)9-7(10)8/h5H,3-4H2,1-2H3. The molecule has 56 valence electrons. The van der Waals surface area contributed by atoms with E-state index in [2.05, 4.69) is 32.4 Å². The van der Waals surface area contributed by atoms with E-state index in [1.54, 1.807) is 0 Å². The van der Waals surface area contributed by atoms with Crippen molar-refractivity contribution in [1.82, 2.24) is 9.55 Å². The molecule has 0 aliphatic carbocycles. The fraction of sp³-hybridized carbons (Fsp3) is 0.571. The highest BCUT2D eigenvalue weighted by Crippen LogP contribution is 2.09. The van der Waals surface area contributed by atoms with Gasteiger partial charge in [0.05, 0.1) is 5.69 Å². The summed E-state index contributed by atoms with van der Waals surface area (Å²) >= 11 is 3.37. The molecule has 0 amide bonds. The molecule has 0 aliphatic heterocycles. The minimum Gasteiger partial charge on any atom is -0.325 e. The molecule has 0 bridgehead atoms. The van der Waals surface area contributed by atoms with Crippen molar-refractivity contribution in [2.75, 3.05) is 0 Å². The van der Waals surface area contributed by atoms with E-state index < -0.39 is 0 Å². The zero-order chi connectivity index (χ0) is 7.56. The van der Waals surface area contributed by atoms with Crippen LogP contribution in [0.3, 0.4) is 0 Å². The summed E-state index contributed by atoms with van der Waals surface area (Å²) in [5.41, 5.74) is 1.07. The Bertz CT molecular complexity index is 217. The Kier molecular flexibility index (Phi) is 2.49. The third-order valence-corrected chi connectivity index (χ3v) is 1.95. The Morgan fingerprint density at radius 3 is 2.80 bits per heavy atom. The van der Waals surface area contributed by atoms with Crippen LogP contribution in [0.4, 0.5) is 0 Å². The van der Waals surface area contributed by atoms with Gasteiger partial charge in [-0.2, -0.15) is 0 Å². The van der Waals surface area contributed by atoms with Crippen molar-refractivity contribution >= 4 is 15.9 Å². The minimum absolute atomic E-state index is 0.937. The molecule has 0 atom stereocenters. The van der Waals surface area contributed by atoms with Crippen LogP contribution < -0.4 is 0 Å². The van der Waals surface area contributed by atoms with Crippen molar-refractivity contribution in [3.05, 3.63) is 16.6 Å². The number of aromatic nitrogens is 2. The van der Waals surface area contributed by atoms with Gasteiger partial charge in [-0.05, 0) is 29.3 Å². The molecular formula is C7H11BrN2. The van der Waals surface area contributed by atoms with Crippen LogP contribution in [0.25, 0.3) is 0 Å². The number of nitrogens with zero attached hydrogens (tertiary/aromatic N) is 2. The zero-order valence-corrected chi connectivity index (χ0v) is 7.85. The lowest BCUT2D eigenvalue weighted by atomic mass is 10.5. The first-order valence-corrected chi connectivity index (χ1v) is 4.22. The molecule has 10 heavy (non-hydrogen) atoms. The first-order chi connectivity index (χ1) is 4.74. The minimum atomic E-state index is 0.937. The summed E-state index contributed by atoms with van der Waals surface area (Å²) in [6, 6.07) is 0. The fourth-order valence-electron chi connectivity index (χ4n) is 0.915. The molecule has 2 nitrogen and oxygen atoms in total. The van der Waals surface area contributed by atoms with E-state index in [0.29, 0.717) is 0 Å². The predicted octanol–water partition coefficient (Wildman–Crippen LogP) is 2.36. The van der Waals surface area contributed by atoms with Gasteiger partial charge in [0, 0.05) is 12.7 Å². The van der Waals surface area contributed by atoms with E-state index in [0.717, 1.165) is 23.4 Å². The van der Waals surface area contributed by atoms with E-state index in [1.807, 2.05) is 13.1 Å². The van der Waals surface area contributed by atoms with Gasteiger partial charge >= 0.3 is 0 Å². The van der Waals surface area contributed by atoms with Gasteiger partial charge in [0.15, 0.2) is 4.73 Å². The van der Waals surface area contributed by atoms with Gasteiger partial charge in [-0.25, -0.2) is 4.98 Å². The number of hydrogen-bond donors (Lipinski definition) is 0. The number of imidazole rings is 1. The van der Waals surface area contributed by atoms with Gasteiger partial charge in [-0.1, -0.05) is 6.92 Å². The summed E-state index contributed by atoms with van der Waals surface area (Å²) in [7, 11) is 0. The third-order valence-electron chi connectivity index (χ3n) is 1.31. The number of hydrogen-bond acceptors (Lipinski definition) is 1. The molecule has 0 N–H and O–H groups in total. The van der Waals surface area contributed by atoms with E-state index >= 15 is 0 Å². The monoisotopic (exact) mass is 202 g/mol. The van der Waals surface area contributed by atoms with Gasteiger partial charge in [0.25, 0.3) is 0 Å². The molecule has 1 aromatic rings. The van der Waals surface area contributed by atoms with Crippen LogP contribution in [0, 0.1) is 6.92 Å². The largest absolute Gasteiger partial charge is 0.325 e. The summed E-state index contributed by atoms with van der Waals surface area (Å²) in [5.74, 6) is 0. The lowest BCUT2D eigenvalue weighted by molar-refractivity contribution is 0.664. The van der Waals surface area contributed by atoms with Gasteiger partial charge in [-0.3, -0.25) is 0 Å². The van der Waals surface area contributed by atoms with E-state index in [1.165, 1.54) is 0 Å². The van der Waals surface area contributed by atoms with Crippen LogP contribution >= 0.6 is 15.9 Å². The highest BCUT2D eigenvalue weighted by Gasteiger charge is 1.98. The Hall–Kier alpha value is -0.310. The van der Waals surface area contributed by atoms with Gasteiger partial charge < -0.3 is 4.57 Å². The molecule has 1 heterocycles. The molecule has 3 heteroatoms. The van der Waals surface area contributed by atoms with Crippen LogP contribution in [0.1, 0.15) is 19.0 Å². The van der Waals surface area contributed by atoms with E-state index in [4.69, 9.17) is 0 Å². The Labute approximate surface area is 69.4 Å². The van der Waals surface area contributed by atoms with Crippen molar-refractivity contribution in [3.8, 4) is 0 Å². The molecule has 1 aromatic heterocycles.